The van der Waals surface area contributed by atoms with Gasteiger partial charge in [0.1, 0.15) is 5.97 Å². The molecule has 0 amide bonds. The van der Waals surface area contributed by atoms with Crippen molar-refractivity contribution in [1.29, 1.82) is 0 Å². The summed E-state index contributed by atoms with van der Waals surface area (Å²) in [6, 6.07) is 18.4. The lowest BCUT2D eigenvalue weighted by Gasteiger charge is -2.18. The second-order valence-electron chi connectivity index (χ2n) is 8.39. The van der Waals surface area contributed by atoms with Crippen LogP contribution in [0.25, 0.3) is 0 Å². The van der Waals surface area contributed by atoms with E-state index in [0.717, 1.165) is 0 Å². The normalized spacial score (nSPS) is 12.2. The number of carboxylic acid groups (broad SMARTS) is 1. The minimum Gasteiger partial charge on any atom is -0.542 e. The van der Waals surface area contributed by atoms with Crippen LogP contribution in [0.3, 0.4) is 0 Å². The number of benzene rings is 2. The standard InChI is InChI=1S/C20H26I.C2HF3O2/c1-19(2,3)15-7-11-17(12-8-15)21-18-13-9-16(10-14-18)20(4,5)6;3-2(4,5)1(6)7/h7-14H,1-6H3;(H,6,7)/q+1;/p-1. The highest BCUT2D eigenvalue weighted by Crippen LogP contribution is 2.21. The van der Waals surface area contributed by atoms with E-state index in [1.807, 2.05) is 0 Å². The lowest BCUT2D eigenvalue weighted by molar-refractivity contribution is -0.597. The molecule has 0 aliphatic rings. The third-order valence-corrected chi connectivity index (χ3v) is 6.55. The maximum absolute atomic E-state index is 10.5. The first-order valence-electron chi connectivity index (χ1n) is 8.75. The van der Waals surface area contributed by atoms with Crippen LogP contribution in [0.2, 0.25) is 0 Å². The minimum absolute atomic E-state index is 0.0703. The molecule has 0 saturated carbocycles. The van der Waals surface area contributed by atoms with Gasteiger partial charge in [-0.3, -0.25) is 0 Å². The predicted molar refractivity (Wildman–Crippen MR) is 98.7 cm³/mol. The van der Waals surface area contributed by atoms with Crippen LogP contribution < -0.4 is 26.3 Å². The molecule has 0 radical (unpaired) electrons. The van der Waals surface area contributed by atoms with E-state index in [2.05, 4.69) is 90.1 Å². The Labute approximate surface area is 175 Å². The van der Waals surface area contributed by atoms with Crippen molar-refractivity contribution >= 4 is 5.97 Å². The summed E-state index contributed by atoms with van der Waals surface area (Å²) in [7, 11) is 0. The summed E-state index contributed by atoms with van der Waals surface area (Å²) in [5, 5.41) is 8.78. The van der Waals surface area contributed by atoms with Gasteiger partial charge in [0.25, 0.3) is 0 Å². The summed E-state index contributed by atoms with van der Waals surface area (Å²) in [5.74, 6) is -3.01. The Kier molecular flexibility index (Phi) is 8.11. The van der Waals surface area contributed by atoms with Crippen LogP contribution in [0.15, 0.2) is 48.5 Å². The van der Waals surface area contributed by atoms with Crippen LogP contribution >= 0.6 is 0 Å². The van der Waals surface area contributed by atoms with E-state index in [9.17, 15) is 13.2 Å². The quantitative estimate of drug-likeness (QED) is 0.583. The summed E-state index contributed by atoms with van der Waals surface area (Å²) in [6.07, 6.45) is -5.19. The second-order valence-corrected chi connectivity index (χ2v) is 11.4. The molecule has 0 atom stereocenters. The van der Waals surface area contributed by atoms with E-state index < -0.39 is 12.1 Å². The minimum atomic E-state index is -5.19. The molecule has 0 fully saturated rings. The van der Waals surface area contributed by atoms with Crippen molar-refractivity contribution in [2.75, 3.05) is 0 Å². The first kappa shape index (κ1) is 24.5. The van der Waals surface area contributed by atoms with Gasteiger partial charge in [0.2, 0.25) is 0 Å². The topological polar surface area (TPSA) is 40.1 Å². The molecule has 0 N–H and O–H groups in total. The van der Waals surface area contributed by atoms with Crippen LogP contribution in [0.4, 0.5) is 13.2 Å². The zero-order valence-corrected chi connectivity index (χ0v) is 19.1. The average molecular weight is 506 g/mol. The van der Waals surface area contributed by atoms with Crippen LogP contribution in [0, 0.1) is 7.14 Å². The van der Waals surface area contributed by atoms with Gasteiger partial charge >= 0.3 is 27.4 Å². The summed E-state index contributed by atoms with van der Waals surface area (Å²) >= 11 is -0.0703. The van der Waals surface area contributed by atoms with E-state index in [0.29, 0.717) is 0 Å². The SMILES string of the molecule is CC(C)(C)c1ccc([I+]c2ccc(C(C)(C)C)cc2)cc1.O=C([O-])C(F)(F)F. The Morgan fingerprint density at radius 2 is 0.964 bits per heavy atom. The molecule has 2 nitrogen and oxygen atoms in total. The molecule has 0 saturated heterocycles. The molecule has 2 rings (SSSR count). The average Bonchev–Trinajstić information content (AvgIpc) is 2.54. The fourth-order valence-electron chi connectivity index (χ4n) is 2.15. The van der Waals surface area contributed by atoms with E-state index >= 15 is 0 Å². The summed E-state index contributed by atoms with van der Waals surface area (Å²) in [6.45, 7) is 13.6. The highest BCUT2D eigenvalue weighted by Gasteiger charge is 2.28. The number of carboxylic acids is 1. The molecule has 0 aromatic heterocycles. The van der Waals surface area contributed by atoms with Crippen molar-refractivity contribution in [2.45, 2.75) is 58.5 Å². The number of carbonyl (C=O) groups is 1. The molecule has 0 spiro atoms. The van der Waals surface area contributed by atoms with Crippen LogP contribution in [-0.2, 0) is 15.6 Å². The van der Waals surface area contributed by atoms with Gasteiger partial charge in [0, 0.05) is 0 Å². The largest absolute Gasteiger partial charge is 0.542 e. The van der Waals surface area contributed by atoms with Gasteiger partial charge in [-0.05, 0) is 46.2 Å². The monoisotopic (exact) mass is 506 g/mol. The van der Waals surface area contributed by atoms with E-state index in [-0.39, 0.29) is 32.0 Å². The third kappa shape index (κ3) is 8.20. The van der Waals surface area contributed by atoms with E-state index in [1.54, 1.807) is 0 Å². The molecule has 0 heterocycles. The van der Waals surface area contributed by atoms with Crippen molar-refractivity contribution in [3.05, 3.63) is 66.8 Å². The van der Waals surface area contributed by atoms with Crippen LogP contribution in [-0.4, -0.2) is 12.1 Å². The lowest BCUT2D eigenvalue weighted by Crippen LogP contribution is -3.61. The molecule has 0 unspecified atom stereocenters. The number of rotatable bonds is 2. The van der Waals surface area contributed by atoms with Gasteiger partial charge in [-0.1, -0.05) is 65.8 Å². The maximum atomic E-state index is 10.5. The smallest absolute Gasteiger partial charge is 0.430 e. The Morgan fingerprint density at radius 3 is 1.14 bits per heavy atom. The first-order chi connectivity index (χ1) is 12.6. The van der Waals surface area contributed by atoms with Gasteiger partial charge in [-0.2, -0.15) is 13.2 Å². The Balaban J connectivity index is 0.000000480. The second kappa shape index (κ2) is 9.29. The van der Waals surface area contributed by atoms with E-state index in [4.69, 9.17) is 9.90 Å². The third-order valence-electron chi connectivity index (χ3n) is 3.87. The number of carbonyl (C=O) groups excluding carboxylic acids is 1. The fourth-order valence-corrected chi connectivity index (χ4v) is 4.31. The molecule has 154 valence electrons. The Hall–Kier alpha value is -1.57. The van der Waals surface area contributed by atoms with E-state index in [1.165, 1.54) is 18.3 Å². The Morgan fingerprint density at radius 1 is 0.714 bits per heavy atom. The number of halogens is 4. The molecular weight excluding hydrogens is 480 g/mol. The molecular formula is C22H26F3IO2. The lowest BCUT2D eigenvalue weighted by atomic mass is 9.87. The summed E-state index contributed by atoms with van der Waals surface area (Å²) in [4.78, 5) is 8.78. The maximum Gasteiger partial charge on any atom is 0.430 e. The molecule has 6 heteroatoms. The molecule has 28 heavy (non-hydrogen) atoms. The highest BCUT2D eigenvalue weighted by molar-refractivity contribution is 5.70. The van der Waals surface area contributed by atoms with Gasteiger partial charge < -0.3 is 9.90 Å². The number of alkyl halides is 3. The number of hydrogen-bond acceptors (Lipinski definition) is 2. The number of aliphatic carboxylic acids is 1. The van der Waals surface area contributed by atoms with Crippen molar-refractivity contribution in [1.82, 2.24) is 0 Å². The van der Waals surface area contributed by atoms with Gasteiger partial charge in [0.05, 0.1) is 0 Å². The van der Waals surface area contributed by atoms with Crippen molar-refractivity contribution < 1.29 is 44.3 Å². The van der Waals surface area contributed by atoms with Gasteiger partial charge in [-0.15, -0.1) is 0 Å². The molecule has 2 aromatic carbocycles. The Bertz CT molecular complexity index is 710. The van der Waals surface area contributed by atoms with Gasteiger partial charge in [-0.25, -0.2) is 0 Å². The van der Waals surface area contributed by atoms with Crippen molar-refractivity contribution in [2.24, 2.45) is 0 Å². The predicted octanol–water partition coefficient (Wildman–Crippen LogP) is 1.71. The summed E-state index contributed by atoms with van der Waals surface area (Å²) < 4.78 is 34.5. The van der Waals surface area contributed by atoms with Crippen LogP contribution in [0.5, 0.6) is 0 Å². The molecule has 0 aliphatic carbocycles. The summed E-state index contributed by atoms with van der Waals surface area (Å²) in [5.41, 5.74) is 3.31. The van der Waals surface area contributed by atoms with Crippen molar-refractivity contribution in [3.63, 3.8) is 0 Å². The fraction of sp³-hybridized carbons (Fsp3) is 0.409. The van der Waals surface area contributed by atoms with Crippen molar-refractivity contribution in [3.8, 4) is 0 Å². The number of hydrogen-bond donors (Lipinski definition) is 0. The zero-order valence-electron chi connectivity index (χ0n) is 16.9. The molecule has 0 bridgehead atoms. The van der Waals surface area contributed by atoms with Gasteiger partial charge in [0.15, 0.2) is 7.14 Å². The molecule has 0 aliphatic heterocycles. The molecule has 2 aromatic rings. The van der Waals surface area contributed by atoms with Crippen LogP contribution in [0.1, 0.15) is 52.7 Å². The zero-order chi connectivity index (χ0) is 21.8. The first-order valence-corrected chi connectivity index (χ1v) is 10.9. The highest BCUT2D eigenvalue weighted by atomic mass is 127.